The predicted molar refractivity (Wildman–Crippen MR) is 82.6 cm³/mol. The molecule has 0 aliphatic heterocycles. The number of methoxy groups -OCH3 is 1. The van der Waals surface area contributed by atoms with Crippen LogP contribution in [-0.2, 0) is 12.4 Å². The molecular weight excluding hydrogens is 286 g/mol. The average molecular weight is 306 g/mol. The van der Waals surface area contributed by atoms with Crippen molar-refractivity contribution in [3.8, 4) is 5.88 Å². The Balaban J connectivity index is 1.71. The molecule has 5 heteroatoms. The number of imidazole rings is 1. The van der Waals surface area contributed by atoms with Crippen LogP contribution in [0.15, 0.2) is 12.1 Å². The Labute approximate surface area is 129 Å². The highest BCUT2D eigenvalue weighted by Crippen LogP contribution is 2.49. The number of hydrogen-bond donors (Lipinski definition) is 0. The van der Waals surface area contributed by atoms with Crippen molar-refractivity contribution < 1.29 is 4.74 Å². The lowest BCUT2D eigenvalue weighted by atomic mass is 9.89. The number of alkyl halides is 1. The quantitative estimate of drug-likeness (QED) is 0.810. The molecule has 0 spiro atoms. The molecule has 2 aromatic rings. The second kappa shape index (κ2) is 5.16. The van der Waals surface area contributed by atoms with Gasteiger partial charge in [-0.3, -0.25) is 0 Å². The average Bonchev–Trinajstić information content (AvgIpc) is 3.21. The number of fused-ring (bicyclic) bond motifs is 3. The van der Waals surface area contributed by atoms with E-state index >= 15 is 0 Å². The molecule has 21 heavy (non-hydrogen) atoms. The molecular formula is C16H20ClN3O. The second-order valence-corrected chi connectivity index (χ2v) is 6.67. The van der Waals surface area contributed by atoms with E-state index in [1.807, 2.05) is 12.1 Å². The molecule has 4 nitrogen and oxygen atoms in total. The molecule has 3 atom stereocenters. The normalized spacial score (nSPS) is 27.6. The van der Waals surface area contributed by atoms with E-state index in [-0.39, 0.29) is 0 Å². The third kappa shape index (κ3) is 2.20. The smallest absolute Gasteiger partial charge is 0.215 e. The minimum atomic E-state index is 0.430. The molecule has 2 saturated carbocycles. The van der Waals surface area contributed by atoms with E-state index in [1.165, 1.54) is 25.7 Å². The highest BCUT2D eigenvalue weighted by Gasteiger charge is 2.39. The summed E-state index contributed by atoms with van der Waals surface area (Å²) in [7, 11) is 1.65. The van der Waals surface area contributed by atoms with Crippen molar-refractivity contribution in [3.63, 3.8) is 0 Å². The summed E-state index contributed by atoms with van der Waals surface area (Å²) in [6.07, 6.45) is 5.61. The molecule has 3 unspecified atom stereocenters. The Morgan fingerprint density at radius 3 is 2.86 bits per heavy atom. The summed E-state index contributed by atoms with van der Waals surface area (Å²) in [6.45, 7) is 1.000. The first-order chi connectivity index (χ1) is 10.3. The number of ether oxygens (including phenoxy) is 1. The largest absolute Gasteiger partial charge is 0.481 e. The minimum absolute atomic E-state index is 0.430. The van der Waals surface area contributed by atoms with Crippen LogP contribution in [0.4, 0.5) is 0 Å². The Kier molecular flexibility index (Phi) is 3.29. The van der Waals surface area contributed by atoms with Gasteiger partial charge in [0.25, 0.3) is 0 Å². The van der Waals surface area contributed by atoms with Gasteiger partial charge in [-0.25, -0.2) is 4.98 Å². The Hall–Kier alpha value is -1.29. The molecule has 0 saturated heterocycles. The van der Waals surface area contributed by atoms with Gasteiger partial charge in [0.15, 0.2) is 5.65 Å². The van der Waals surface area contributed by atoms with Gasteiger partial charge >= 0.3 is 0 Å². The Bertz CT molecular complexity index is 669. The lowest BCUT2D eigenvalue weighted by Crippen LogP contribution is -2.18. The van der Waals surface area contributed by atoms with Gasteiger partial charge in [0, 0.05) is 12.6 Å². The van der Waals surface area contributed by atoms with Gasteiger partial charge in [-0.15, -0.1) is 11.6 Å². The molecule has 0 radical (unpaired) electrons. The van der Waals surface area contributed by atoms with E-state index in [9.17, 15) is 0 Å². The zero-order valence-corrected chi connectivity index (χ0v) is 13.0. The van der Waals surface area contributed by atoms with Gasteiger partial charge in [0.1, 0.15) is 11.3 Å². The SMILES string of the molecule is COc1ccc2nc(CCl)n(CC3CC4CCC3C4)c2n1. The summed E-state index contributed by atoms with van der Waals surface area (Å²) >= 11 is 6.10. The highest BCUT2D eigenvalue weighted by atomic mass is 35.5. The van der Waals surface area contributed by atoms with Crippen LogP contribution in [0.3, 0.4) is 0 Å². The molecule has 112 valence electrons. The molecule has 4 rings (SSSR count). The Morgan fingerprint density at radius 2 is 2.19 bits per heavy atom. The molecule has 0 N–H and O–H groups in total. The number of halogens is 1. The maximum absolute atomic E-state index is 6.10. The van der Waals surface area contributed by atoms with Gasteiger partial charge in [-0.2, -0.15) is 4.98 Å². The van der Waals surface area contributed by atoms with Crippen LogP contribution in [0.5, 0.6) is 5.88 Å². The molecule has 0 amide bonds. The fraction of sp³-hybridized carbons (Fsp3) is 0.625. The molecule has 2 bridgehead atoms. The third-order valence-electron chi connectivity index (χ3n) is 5.28. The van der Waals surface area contributed by atoms with Gasteiger partial charge in [-0.05, 0) is 43.1 Å². The maximum Gasteiger partial charge on any atom is 0.215 e. The van der Waals surface area contributed by atoms with Crippen molar-refractivity contribution in [2.45, 2.75) is 38.1 Å². The fourth-order valence-electron chi connectivity index (χ4n) is 4.27. The van der Waals surface area contributed by atoms with Crippen molar-refractivity contribution in [1.82, 2.24) is 14.5 Å². The first-order valence-electron chi connectivity index (χ1n) is 7.74. The molecule has 2 heterocycles. The molecule has 2 aromatic heterocycles. The summed E-state index contributed by atoms with van der Waals surface area (Å²) < 4.78 is 7.47. The van der Waals surface area contributed by atoms with E-state index in [0.29, 0.717) is 11.8 Å². The number of hydrogen-bond acceptors (Lipinski definition) is 3. The van der Waals surface area contributed by atoms with Crippen molar-refractivity contribution >= 4 is 22.8 Å². The zero-order valence-electron chi connectivity index (χ0n) is 12.3. The zero-order chi connectivity index (χ0) is 14.4. The van der Waals surface area contributed by atoms with E-state index in [2.05, 4.69) is 14.5 Å². The van der Waals surface area contributed by atoms with Crippen LogP contribution in [0.2, 0.25) is 0 Å². The lowest BCUT2D eigenvalue weighted by Gasteiger charge is -2.22. The van der Waals surface area contributed by atoms with Crippen molar-refractivity contribution in [2.24, 2.45) is 17.8 Å². The van der Waals surface area contributed by atoms with E-state index < -0.39 is 0 Å². The molecule has 2 aliphatic rings. The highest BCUT2D eigenvalue weighted by molar-refractivity contribution is 6.16. The fourth-order valence-corrected chi connectivity index (χ4v) is 4.48. The number of aromatic nitrogens is 3. The minimum Gasteiger partial charge on any atom is -0.481 e. The number of nitrogens with zero attached hydrogens (tertiary/aromatic N) is 3. The Morgan fingerprint density at radius 1 is 1.29 bits per heavy atom. The van der Waals surface area contributed by atoms with Gasteiger partial charge < -0.3 is 9.30 Å². The maximum atomic E-state index is 6.10. The first-order valence-corrected chi connectivity index (χ1v) is 8.28. The van der Waals surface area contributed by atoms with Crippen LogP contribution < -0.4 is 4.74 Å². The van der Waals surface area contributed by atoms with Crippen LogP contribution in [0.25, 0.3) is 11.2 Å². The summed E-state index contributed by atoms with van der Waals surface area (Å²) in [4.78, 5) is 9.21. The van der Waals surface area contributed by atoms with Crippen molar-refractivity contribution in [1.29, 1.82) is 0 Å². The number of pyridine rings is 1. The van der Waals surface area contributed by atoms with E-state index in [1.54, 1.807) is 7.11 Å². The van der Waals surface area contributed by atoms with Crippen LogP contribution in [0.1, 0.15) is 31.5 Å². The van der Waals surface area contributed by atoms with Crippen LogP contribution in [-0.4, -0.2) is 21.6 Å². The van der Waals surface area contributed by atoms with Gasteiger partial charge in [0.05, 0.1) is 13.0 Å². The van der Waals surface area contributed by atoms with Gasteiger partial charge in [-0.1, -0.05) is 6.42 Å². The van der Waals surface area contributed by atoms with E-state index in [4.69, 9.17) is 16.3 Å². The summed E-state index contributed by atoms with van der Waals surface area (Å²) in [5.74, 6) is 4.60. The van der Waals surface area contributed by atoms with Crippen molar-refractivity contribution in [2.75, 3.05) is 7.11 Å². The van der Waals surface area contributed by atoms with Crippen molar-refractivity contribution in [3.05, 3.63) is 18.0 Å². The monoisotopic (exact) mass is 305 g/mol. The first kappa shape index (κ1) is 13.4. The van der Waals surface area contributed by atoms with Gasteiger partial charge in [0.2, 0.25) is 5.88 Å². The second-order valence-electron chi connectivity index (χ2n) is 6.40. The topological polar surface area (TPSA) is 39.9 Å². The standard InChI is InChI=1S/C16H20ClN3O/c1-21-15-5-4-13-16(19-15)20(14(8-17)18-13)9-12-7-10-2-3-11(12)6-10/h4-5,10-12H,2-3,6-9H2,1H3. The predicted octanol–water partition coefficient (Wildman–Crippen LogP) is 3.61. The summed E-state index contributed by atoms with van der Waals surface area (Å²) in [6, 6.07) is 3.82. The lowest BCUT2D eigenvalue weighted by molar-refractivity contribution is 0.295. The summed E-state index contributed by atoms with van der Waals surface area (Å²) in [5.41, 5.74) is 1.82. The molecule has 0 aromatic carbocycles. The molecule has 2 aliphatic carbocycles. The van der Waals surface area contributed by atoms with Crippen LogP contribution >= 0.6 is 11.6 Å². The summed E-state index contributed by atoms with van der Waals surface area (Å²) in [5, 5.41) is 0. The number of rotatable bonds is 4. The van der Waals surface area contributed by atoms with E-state index in [0.717, 1.165) is 41.3 Å². The molecule has 2 fully saturated rings. The third-order valence-corrected chi connectivity index (χ3v) is 5.52. The van der Waals surface area contributed by atoms with Crippen LogP contribution in [0, 0.1) is 17.8 Å².